The zero-order valence-corrected chi connectivity index (χ0v) is 7.74. The Hall–Kier alpha value is -1.76. The van der Waals surface area contributed by atoms with Crippen LogP contribution >= 0.6 is 0 Å². The number of aliphatic hydroxyl groups excluding tert-OH is 1. The molecule has 7 heteroatoms. The molecule has 2 rings (SSSR count). The molecule has 3 N–H and O–H groups in total. The minimum Gasteiger partial charge on any atom is -0.356 e. The number of aliphatic hydroxyl groups is 1. The van der Waals surface area contributed by atoms with Crippen molar-refractivity contribution in [2.24, 2.45) is 7.05 Å². The van der Waals surface area contributed by atoms with Crippen LogP contribution < -0.4 is 15.9 Å². The molecule has 0 aromatic carbocycles. The van der Waals surface area contributed by atoms with Crippen LogP contribution in [-0.2, 0) is 7.05 Å². The number of hydrogen-bond donors (Lipinski definition) is 3. The second-order valence-electron chi connectivity index (χ2n) is 3.14. The molecule has 2 heterocycles. The Labute approximate surface area is 79.0 Å². The Balaban J connectivity index is 2.67. The number of nitrogens with zero attached hydrogens (tertiary/aromatic N) is 2. The summed E-state index contributed by atoms with van der Waals surface area (Å²) in [5.41, 5.74) is -0.158. The van der Waals surface area contributed by atoms with E-state index in [0.717, 1.165) is 0 Å². The van der Waals surface area contributed by atoms with Gasteiger partial charge in [-0.25, -0.2) is 4.79 Å². The first-order valence-electron chi connectivity index (χ1n) is 4.03. The lowest BCUT2D eigenvalue weighted by Crippen LogP contribution is -2.51. The van der Waals surface area contributed by atoms with Crippen molar-refractivity contribution in [3.8, 4) is 0 Å². The second kappa shape index (κ2) is 2.61. The molecule has 1 amide bonds. The van der Waals surface area contributed by atoms with Crippen molar-refractivity contribution >= 4 is 11.7 Å². The van der Waals surface area contributed by atoms with Gasteiger partial charge in [0.15, 0.2) is 5.69 Å². The smallest absolute Gasteiger partial charge is 0.327 e. The Kier molecular flexibility index (Phi) is 1.65. The highest BCUT2D eigenvalue weighted by Gasteiger charge is 2.31. The van der Waals surface area contributed by atoms with Gasteiger partial charge < -0.3 is 15.3 Å². The van der Waals surface area contributed by atoms with Gasteiger partial charge >= 0.3 is 5.69 Å². The molecule has 1 atom stereocenters. The fourth-order valence-electron chi connectivity index (χ4n) is 1.42. The third-order valence-electron chi connectivity index (χ3n) is 2.28. The maximum atomic E-state index is 11.4. The summed E-state index contributed by atoms with van der Waals surface area (Å²) in [5, 5.41) is 11.7. The Morgan fingerprint density at radius 2 is 2.00 bits per heavy atom. The molecule has 14 heavy (non-hydrogen) atoms. The number of aromatic nitrogens is 2. The number of carbonyl (C=O) groups excluding carboxylic acids is 1. The molecule has 0 radical (unpaired) electrons. The van der Waals surface area contributed by atoms with Crippen LogP contribution in [0.15, 0.2) is 4.79 Å². The van der Waals surface area contributed by atoms with E-state index in [1.165, 1.54) is 16.5 Å². The quantitative estimate of drug-likeness (QED) is 0.457. The molecular formula is C7H10N4O3. The SMILES string of the molecule is CN1c2[nH]c(=O)n(C)c2C(=O)N[C@@H]1O. The molecular weight excluding hydrogens is 188 g/mol. The first-order chi connectivity index (χ1) is 6.52. The monoisotopic (exact) mass is 198 g/mol. The van der Waals surface area contributed by atoms with Crippen LogP contribution in [0.25, 0.3) is 0 Å². The maximum Gasteiger partial charge on any atom is 0.327 e. The van der Waals surface area contributed by atoms with E-state index in [0.29, 0.717) is 5.82 Å². The summed E-state index contributed by atoms with van der Waals surface area (Å²) < 4.78 is 1.20. The fraction of sp³-hybridized carbons (Fsp3) is 0.429. The molecule has 1 aromatic rings. The van der Waals surface area contributed by atoms with Crippen LogP contribution in [0.4, 0.5) is 5.82 Å². The Morgan fingerprint density at radius 1 is 1.36 bits per heavy atom. The molecule has 76 valence electrons. The molecule has 0 bridgehead atoms. The second-order valence-corrected chi connectivity index (χ2v) is 3.14. The van der Waals surface area contributed by atoms with Crippen molar-refractivity contribution in [2.75, 3.05) is 11.9 Å². The molecule has 0 saturated carbocycles. The van der Waals surface area contributed by atoms with E-state index in [9.17, 15) is 14.7 Å². The molecule has 0 aliphatic carbocycles. The lowest BCUT2D eigenvalue weighted by molar-refractivity contribution is 0.0747. The molecule has 0 spiro atoms. The van der Waals surface area contributed by atoms with Crippen molar-refractivity contribution in [3.63, 3.8) is 0 Å². The predicted octanol–water partition coefficient (Wildman–Crippen LogP) is -1.83. The standard InChI is InChI=1S/C7H10N4O3/c1-10-3-4(8-6(10)13)11(2)7(14)9-5(3)12/h7,14H,1-2H3,(H,8,13)(H,9,12)/t7-/m0/s1. The minimum absolute atomic E-state index is 0.225. The molecule has 0 unspecified atom stereocenters. The number of aromatic amines is 1. The summed E-state index contributed by atoms with van der Waals surface area (Å²) in [7, 11) is 3.06. The van der Waals surface area contributed by atoms with Crippen LogP contribution in [0.5, 0.6) is 0 Å². The van der Waals surface area contributed by atoms with Crippen LogP contribution in [0.2, 0.25) is 0 Å². The van der Waals surface area contributed by atoms with Gasteiger partial charge in [-0.3, -0.25) is 14.3 Å². The van der Waals surface area contributed by atoms with E-state index in [-0.39, 0.29) is 11.4 Å². The number of imidazole rings is 1. The molecule has 0 saturated heterocycles. The number of hydrogen-bond acceptors (Lipinski definition) is 4. The number of carbonyl (C=O) groups is 1. The number of anilines is 1. The summed E-state index contributed by atoms with van der Waals surface area (Å²) in [5.74, 6) is -0.139. The highest BCUT2D eigenvalue weighted by atomic mass is 16.3. The van der Waals surface area contributed by atoms with E-state index >= 15 is 0 Å². The van der Waals surface area contributed by atoms with Gasteiger partial charge in [0.25, 0.3) is 5.91 Å². The van der Waals surface area contributed by atoms with Gasteiger partial charge in [0, 0.05) is 14.1 Å². The van der Waals surface area contributed by atoms with E-state index in [1.807, 2.05) is 0 Å². The number of amides is 1. The lowest BCUT2D eigenvalue weighted by Gasteiger charge is -2.29. The van der Waals surface area contributed by atoms with E-state index < -0.39 is 12.3 Å². The topological polar surface area (TPSA) is 90.4 Å². The zero-order valence-electron chi connectivity index (χ0n) is 7.74. The highest BCUT2D eigenvalue weighted by molar-refractivity contribution is 5.99. The van der Waals surface area contributed by atoms with Crippen LogP contribution in [0, 0.1) is 0 Å². The average molecular weight is 198 g/mol. The lowest BCUT2D eigenvalue weighted by atomic mass is 10.3. The van der Waals surface area contributed by atoms with Crippen molar-refractivity contribution < 1.29 is 9.90 Å². The van der Waals surface area contributed by atoms with Crippen LogP contribution in [0.1, 0.15) is 10.5 Å². The largest absolute Gasteiger partial charge is 0.356 e. The van der Waals surface area contributed by atoms with Gasteiger partial charge in [0.05, 0.1) is 0 Å². The molecule has 1 aliphatic rings. The number of rotatable bonds is 0. The minimum atomic E-state index is -1.10. The van der Waals surface area contributed by atoms with Gasteiger partial charge in [0.1, 0.15) is 5.82 Å². The van der Waals surface area contributed by atoms with E-state index in [1.54, 1.807) is 7.05 Å². The molecule has 7 nitrogen and oxygen atoms in total. The third-order valence-corrected chi connectivity index (χ3v) is 2.28. The zero-order chi connectivity index (χ0) is 10.5. The van der Waals surface area contributed by atoms with E-state index in [2.05, 4.69) is 10.3 Å². The summed E-state index contributed by atoms with van der Waals surface area (Å²) in [4.78, 5) is 26.5. The summed E-state index contributed by atoms with van der Waals surface area (Å²) >= 11 is 0. The van der Waals surface area contributed by atoms with Gasteiger partial charge in [-0.05, 0) is 0 Å². The third kappa shape index (κ3) is 0.956. The van der Waals surface area contributed by atoms with Crippen molar-refractivity contribution in [2.45, 2.75) is 6.35 Å². The molecule has 0 fully saturated rings. The van der Waals surface area contributed by atoms with Gasteiger partial charge in [-0.15, -0.1) is 0 Å². The summed E-state index contributed by atoms with van der Waals surface area (Å²) in [6.45, 7) is 0. The first-order valence-corrected chi connectivity index (χ1v) is 4.03. The number of nitrogens with one attached hydrogen (secondary N) is 2. The Morgan fingerprint density at radius 3 is 2.64 bits per heavy atom. The molecule has 1 aromatic heterocycles. The number of H-pyrrole nitrogens is 1. The maximum absolute atomic E-state index is 11.4. The van der Waals surface area contributed by atoms with Crippen LogP contribution in [0.3, 0.4) is 0 Å². The predicted molar refractivity (Wildman–Crippen MR) is 47.9 cm³/mol. The number of fused-ring (bicyclic) bond motifs is 1. The van der Waals surface area contributed by atoms with Gasteiger partial charge in [-0.1, -0.05) is 0 Å². The van der Waals surface area contributed by atoms with Crippen molar-refractivity contribution in [3.05, 3.63) is 16.2 Å². The molecule has 1 aliphatic heterocycles. The fourth-order valence-corrected chi connectivity index (χ4v) is 1.42. The summed E-state index contributed by atoms with van der Waals surface area (Å²) in [6, 6.07) is 0. The van der Waals surface area contributed by atoms with Crippen LogP contribution in [-0.4, -0.2) is 34.0 Å². The Bertz CT molecular complexity index is 446. The average Bonchev–Trinajstić information content (AvgIpc) is 2.40. The van der Waals surface area contributed by atoms with Gasteiger partial charge in [-0.2, -0.15) is 0 Å². The van der Waals surface area contributed by atoms with Gasteiger partial charge in [0.2, 0.25) is 6.35 Å². The van der Waals surface area contributed by atoms with Crippen molar-refractivity contribution in [1.82, 2.24) is 14.9 Å². The first kappa shape index (κ1) is 8.82. The van der Waals surface area contributed by atoms with E-state index in [4.69, 9.17) is 0 Å². The van der Waals surface area contributed by atoms with Crippen molar-refractivity contribution in [1.29, 1.82) is 0 Å². The normalized spacial score (nSPS) is 20.6. The summed E-state index contributed by atoms with van der Waals surface area (Å²) in [6.07, 6.45) is -1.10. The highest BCUT2D eigenvalue weighted by Crippen LogP contribution is 2.19.